The Balaban J connectivity index is 0.00000529. The molecule has 4 nitrogen and oxygen atoms in total. The van der Waals surface area contributed by atoms with Crippen LogP contribution in [0.5, 0.6) is 5.75 Å². The molecule has 0 saturated carbocycles. The molecule has 0 aromatic heterocycles. The molecule has 24 heavy (non-hydrogen) atoms. The summed E-state index contributed by atoms with van der Waals surface area (Å²) in [5.74, 6) is 1.18. The lowest BCUT2D eigenvalue weighted by Crippen LogP contribution is -2.39. The third-order valence-corrected chi connectivity index (χ3v) is 3.30. The van der Waals surface area contributed by atoms with Crippen molar-refractivity contribution in [1.29, 1.82) is 0 Å². The molecule has 0 heterocycles. The van der Waals surface area contributed by atoms with Crippen LogP contribution in [-0.2, 0) is 6.54 Å². The Morgan fingerprint density at radius 3 is 2.54 bits per heavy atom. The Hall–Kier alpha value is -1.12. The summed E-state index contributed by atoms with van der Waals surface area (Å²) >= 11 is 0. The van der Waals surface area contributed by atoms with Crippen molar-refractivity contribution in [2.24, 2.45) is 4.99 Å². The number of aliphatic imine (C=N–C) groups is 1. The highest BCUT2D eigenvalue weighted by Crippen LogP contribution is 2.23. The number of ether oxygens (including phenoxy) is 1. The van der Waals surface area contributed by atoms with Gasteiger partial charge in [-0.25, -0.2) is 13.8 Å². The quantitative estimate of drug-likeness (QED) is 0.353. The third kappa shape index (κ3) is 8.65. The van der Waals surface area contributed by atoms with Crippen LogP contribution in [0.3, 0.4) is 0 Å². The SMILES string of the molecule is CCNC(=NCc1ccc(C)cc1OC(C)CC)NCC(F)F.I. The topological polar surface area (TPSA) is 45.7 Å². The summed E-state index contributed by atoms with van der Waals surface area (Å²) in [4.78, 5) is 4.36. The number of rotatable bonds is 8. The predicted octanol–water partition coefficient (Wildman–Crippen LogP) is 4.11. The zero-order valence-corrected chi connectivity index (χ0v) is 17.1. The monoisotopic (exact) mass is 455 g/mol. The van der Waals surface area contributed by atoms with E-state index in [1.165, 1.54) is 0 Å². The van der Waals surface area contributed by atoms with E-state index in [2.05, 4.69) is 22.5 Å². The van der Waals surface area contributed by atoms with Gasteiger partial charge in [0.15, 0.2) is 5.96 Å². The van der Waals surface area contributed by atoms with Crippen LogP contribution < -0.4 is 15.4 Å². The first kappa shape index (κ1) is 22.9. The number of alkyl halides is 2. The van der Waals surface area contributed by atoms with Crippen molar-refractivity contribution in [2.75, 3.05) is 13.1 Å². The smallest absolute Gasteiger partial charge is 0.255 e. The summed E-state index contributed by atoms with van der Waals surface area (Å²) < 4.78 is 30.6. The molecule has 1 aromatic rings. The van der Waals surface area contributed by atoms with E-state index in [4.69, 9.17) is 4.74 Å². The van der Waals surface area contributed by atoms with Crippen LogP contribution in [-0.4, -0.2) is 31.6 Å². The second-order valence-corrected chi connectivity index (χ2v) is 5.42. The van der Waals surface area contributed by atoms with Crippen molar-refractivity contribution in [1.82, 2.24) is 10.6 Å². The summed E-state index contributed by atoms with van der Waals surface area (Å²) in [6.07, 6.45) is -1.39. The number of aryl methyl sites for hydroxylation is 1. The molecule has 0 bridgehead atoms. The van der Waals surface area contributed by atoms with Crippen LogP contribution in [0.15, 0.2) is 23.2 Å². The maximum atomic E-state index is 12.3. The summed E-state index contributed by atoms with van der Waals surface area (Å²) in [6, 6.07) is 5.94. The number of nitrogens with zero attached hydrogens (tertiary/aromatic N) is 1. The first-order chi connectivity index (χ1) is 11.0. The third-order valence-electron chi connectivity index (χ3n) is 3.30. The summed E-state index contributed by atoms with van der Waals surface area (Å²) in [5.41, 5.74) is 2.05. The minimum Gasteiger partial charge on any atom is -0.490 e. The number of nitrogens with one attached hydrogen (secondary N) is 2. The van der Waals surface area contributed by atoms with E-state index >= 15 is 0 Å². The van der Waals surface area contributed by atoms with Crippen molar-refractivity contribution >= 4 is 29.9 Å². The molecule has 138 valence electrons. The van der Waals surface area contributed by atoms with Crippen molar-refractivity contribution in [3.8, 4) is 5.75 Å². The molecular weight excluding hydrogens is 427 g/mol. The Morgan fingerprint density at radius 2 is 1.96 bits per heavy atom. The van der Waals surface area contributed by atoms with Crippen molar-refractivity contribution < 1.29 is 13.5 Å². The van der Waals surface area contributed by atoms with E-state index in [-0.39, 0.29) is 30.1 Å². The standard InChI is InChI=1S/C17H27F2N3O.HI/c1-5-13(4)23-15-9-12(3)7-8-14(15)10-21-17(20-6-2)22-11-16(18)19;/h7-9,13,16H,5-6,10-11H2,1-4H3,(H2,20,21,22);1H. The molecule has 7 heteroatoms. The maximum absolute atomic E-state index is 12.3. The highest BCUT2D eigenvalue weighted by molar-refractivity contribution is 14.0. The van der Waals surface area contributed by atoms with Gasteiger partial charge in [-0.2, -0.15) is 0 Å². The van der Waals surface area contributed by atoms with Gasteiger partial charge in [-0.3, -0.25) is 0 Å². The molecule has 1 rings (SSSR count). The van der Waals surface area contributed by atoms with E-state index in [1.54, 1.807) is 0 Å². The average Bonchev–Trinajstić information content (AvgIpc) is 2.51. The second-order valence-electron chi connectivity index (χ2n) is 5.42. The zero-order valence-electron chi connectivity index (χ0n) is 14.7. The molecule has 0 radical (unpaired) electrons. The van der Waals surface area contributed by atoms with Crippen LogP contribution in [0.4, 0.5) is 8.78 Å². The van der Waals surface area contributed by atoms with Crippen LogP contribution in [0, 0.1) is 6.92 Å². The lowest BCUT2D eigenvalue weighted by atomic mass is 10.1. The minimum absolute atomic E-state index is 0. The maximum Gasteiger partial charge on any atom is 0.255 e. The number of hydrogen-bond donors (Lipinski definition) is 2. The molecule has 2 N–H and O–H groups in total. The van der Waals surface area contributed by atoms with Crippen LogP contribution in [0.1, 0.15) is 38.3 Å². The number of guanidine groups is 1. The second kappa shape index (κ2) is 12.3. The highest BCUT2D eigenvalue weighted by Gasteiger charge is 2.09. The van der Waals surface area contributed by atoms with Crippen molar-refractivity contribution in [3.05, 3.63) is 29.3 Å². The van der Waals surface area contributed by atoms with E-state index in [0.717, 1.165) is 23.3 Å². The van der Waals surface area contributed by atoms with Crippen LogP contribution in [0.25, 0.3) is 0 Å². The van der Waals surface area contributed by atoms with Gasteiger partial charge in [0.05, 0.1) is 19.2 Å². The lowest BCUT2D eigenvalue weighted by molar-refractivity contribution is 0.152. The molecule has 0 saturated heterocycles. The van der Waals surface area contributed by atoms with Gasteiger partial charge < -0.3 is 15.4 Å². The summed E-state index contributed by atoms with van der Waals surface area (Å²) in [5, 5.41) is 5.58. The first-order valence-electron chi connectivity index (χ1n) is 8.02. The Morgan fingerprint density at radius 1 is 1.25 bits per heavy atom. The molecule has 0 spiro atoms. The molecule has 0 aliphatic heterocycles. The number of benzene rings is 1. The fourth-order valence-corrected chi connectivity index (χ4v) is 1.88. The van der Waals surface area contributed by atoms with Crippen molar-refractivity contribution in [3.63, 3.8) is 0 Å². The fourth-order valence-electron chi connectivity index (χ4n) is 1.88. The normalized spacial score (nSPS) is 12.5. The fraction of sp³-hybridized carbons (Fsp3) is 0.588. The molecule has 1 atom stereocenters. The largest absolute Gasteiger partial charge is 0.490 e. The van der Waals surface area contributed by atoms with Gasteiger partial charge in [0.25, 0.3) is 6.43 Å². The van der Waals surface area contributed by atoms with Gasteiger partial charge >= 0.3 is 0 Å². The minimum atomic E-state index is -2.41. The molecule has 0 amide bonds. The highest BCUT2D eigenvalue weighted by atomic mass is 127. The molecule has 0 aliphatic carbocycles. The van der Waals surface area contributed by atoms with E-state index in [0.29, 0.717) is 19.0 Å². The van der Waals surface area contributed by atoms with Gasteiger partial charge in [0, 0.05) is 12.1 Å². The molecule has 1 aromatic carbocycles. The van der Waals surface area contributed by atoms with Gasteiger partial charge in [-0.15, -0.1) is 24.0 Å². The van der Waals surface area contributed by atoms with Gasteiger partial charge in [0.1, 0.15) is 5.75 Å². The molecule has 0 fully saturated rings. The van der Waals surface area contributed by atoms with Crippen molar-refractivity contribution in [2.45, 2.75) is 53.2 Å². The van der Waals surface area contributed by atoms with E-state index in [9.17, 15) is 8.78 Å². The first-order valence-corrected chi connectivity index (χ1v) is 8.02. The molecular formula is C17H28F2IN3O. The predicted molar refractivity (Wildman–Crippen MR) is 106 cm³/mol. The molecule has 0 aliphatic rings. The summed E-state index contributed by atoms with van der Waals surface area (Å²) in [6.45, 7) is 8.53. The van der Waals surface area contributed by atoms with Crippen LogP contribution >= 0.6 is 24.0 Å². The Labute approximate surface area is 160 Å². The summed E-state index contributed by atoms with van der Waals surface area (Å²) in [7, 11) is 0. The average molecular weight is 455 g/mol. The van der Waals surface area contributed by atoms with Crippen LogP contribution in [0.2, 0.25) is 0 Å². The van der Waals surface area contributed by atoms with E-state index in [1.807, 2.05) is 39.0 Å². The Kier molecular flexibility index (Phi) is 11.7. The van der Waals surface area contributed by atoms with Gasteiger partial charge in [-0.05, 0) is 38.8 Å². The number of halogens is 3. The van der Waals surface area contributed by atoms with Gasteiger partial charge in [0.2, 0.25) is 0 Å². The van der Waals surface area contributed by atoms with E-state index < -0.39 is 13.0 Å². The number of hydrogen-bond acceptors (Lipinski definition) is 2. The molecule has 1 unspecified atom stereocenters. The Bertz CT molecular complexity index is 513. The van der Waals surface area contributed by atoms with Gasteiger partial charge in [-0.1, -0.05) is 19.1 Å². The lowest BCUT2D eigenvalue weighted by Gasteiger charge is -2.17. The zero-order chi connectivity index (χ0) is 17.2.